The molecule has 2 unspecified atom stereocenters. The zero-order valence-corrected chi connectivity index (χ0v) is 25.0. The van der Waals surface area contributed by atoms with Crippen LogP contribution in [-0.4, -0.2) is 49.6 Å². The van der Waals surface area contributed by atoms with Gasteiger partial charge in [-0.25, -0.2) is 17.6 Å². The van der Waals surface area contributed by atoms with Crippen LogP contribution in [0.1, 0.15) is 67.8 Å². The van der Waals surface area contributed by atoms with Gasteiger partial charge in [0, 0.05) is 49.3 Å². The minimum atomic E-state index is -3.04. The van der Waals surface area contributed by atoms with Crippen molar-refractivity contribution >= 4 is 5.69 Å². The van der Waals surface area contributed by atoms with E-state index < -0.39 is 30.1 Å². The first-order chi connectivity index (χ1) is 20.6. The molecule has 3 heterocycles. The molecule has 0 aliphatic carbocycles. The minimum Gasteiger partial charge on any atom is -0.489 e. The molecule has 230 valence electrons. The Bertz CT molecular complexity index is 1390. The number of hydrogen-bond donors (Lipinski definition) is 1. The van der Waals surface area contributed by atoms with Gasteiger partial charge in [-0.05, 0) is 86.5 Å². The Morgan fingerprint density at radius 2 is 1.74 bits per heavy atom. The first-order valence-corrected chi connectivity index (χ1v) is 15.5. The Kier molecular flexibility index (Phi) is 8.44. The van der Waals surface area contributed by atoms with Gasteiger partial charge in [-0.1, -0.05) is 36.4 Å². The van der Waals surface area contributed by atoms with Crippen molar-refractivity contribution in [3.05, 3.63) is 94.6 Å². The van der Waals surface area contributed by atoms with Crippen molar-refractivity contribution in [2.45, 2.75) is 70.6 Å². The lowest BCUT2D eigenvalue weighted by atomic mass is 9.74. The van der Waals surface area contributed by atoms with Gasteiger partial charge in [0.2, 0.25) is 0 Å². The van der Waals surface area contributed by atoms with E-state index in [4.69, 9.17) is 4.74 Å². The Hall–Kier alpha value is -3.10. The van der Waals surface area contributed by atoms with E-state index in [-0.39, 0.29) is 17.0 Å². The molecule has 8 heteroatoms. The molecule has 3 aromatic rings. The van der Waals surface area contributed by atoms with Crippen LogP contribution >= 0.6 is 0 Å². The third-order valence-corrected chi connectivity index (χ3v) is 9.46. The first kappa shape index (κ1) is 29.9. The standard InChI is InChI=1S/C35H41F4N3O/c1-24-16-26-17-28(43-20-25-8-4-3-5-9-25)10-11-29(26)33(42(24)22-34(2,38)39)32-30(36)18-27(19-31(32)37)41-15-7-13-35(23-41)12-6-14-40-21-35/h3-5,8-11,17-19,24,33,40H,6-7,12-16,20-23H2,1-2H3/t24-,33?,35?/m1/s1. The molecule has 3 aromatic carbocycles. The molecule has 0 amide bonds. The number of alkyl halides is 2. The Morgan fingerprint density at radius 1 is 1.00 bits per heavy atom. The largest absolute Gasteiger partial charge is 0.489 e. The highest BCUT2D eigenvalue weighted by Crippen LogP contribution is 2.44. The van der Waals surface area contributed by atoms with Crippen molar-refractivity contribution in [2.75, 3.05) is 37.6 Å². The molecule has 43 heavy (non-hydrogen) atoms. The number of anilines is 1. The molecule has 2 fully saturated rings. The summed E-state index contributed by atoms with van der Waals surface area (Å²) in [5.74, 6) is -3.80. The maximum absolute atomic E-state index is 16.2. The Balaban J connectivity index is 1.33. The van der Waals surface area contributed by atoms with Gasteiger partial charge in [0.25, 0.3) is 5.92 Å². The van der Waals surface area contributed by atoms with E-state index >= 15 is 8.78 Å². The zero-order chi connectivity index (χ0) is 30.2. The summed E-state index contributed by atoms with van der Waals surface area (Å²) >= 11 is 0. The summed E-state index contributed by atoms with van der Waals surface area (Å²) < 4.78 is 67.4. The number of benzene rings is 3. The van der Waals surface area contributed by atoms with E-state index in [0.29, 0.717) is 30.0 Å². The average Bonchev–Trinajstić information content (AvgIpc) is 2.97. The van der Waals surface area contributed by atoms with E-state index in [9.17, 15) is 8.78 Å². The highest BCUT2D eigenvalue weighted by molar-refractivity contribution is 5.53. The van der Waals surface area contributed by atoms with Crippen LogP contribution in [0.5, 0.6) is 5.75 Å². The van der Waals surface area contributed by atoms with E-state index in [1.807, 2.05) is 43.3 Å². The van der Waals surface area contributed by atoms with Crippen LogP contribution < -0.4 is 15.0 Å². The normalized spacial score (nSPS) is 24.7. The fourth-order valence-corrected chi connectivity index (χ4v) is 7.44. The van der Waals surface area contributed by atoms with E-state index in [0.717, 1.165) is 69.9 Å². The third kappa shape index (κ3) is 6.55. The zero-order valence-electron chi connectivity index (χ0n) is 25.0. The number of fused-ring (bicyclic) bond motifs is 1. The second-order valence-electron chi connectivity index (χ2n) is 13.0. The van der Waals surface area contributed by atoms with Gasteiger partial charge in [-0.3, -0.25) is 4.90 Å². The number of rotatable bonds is 7. The average molecular weight is 596 g/mol. The molecule has 1 spiro atoms. The van der Waals surface area contributed by atoms with Gasteiger partial charge in [-0.2, -0.15) is 0 Å². The number of piperidine rings is 2. The number of ether oxygens (including phenoxy) is 1. The van der Waals surface area contributed by atoms with Gasteiger partial charge in [-0.15, -0.1) is 0 Å². The maximum Gasteiger partial charge on any atom is 0.257 e. The van der Waals surface area contributed by atoms with Gasteiger partial charge >= 0.3 is 0 Å². The van der Waals surface area contributed by atoms with Crippen LogP contribution in [0.4, 0.5) is 23.2 Å². The highest BCUT2D eigenvalue weighted by atomic mass is 19.3. The summed E-state index contributed by atoms with van der Waals surface area (Å²) in [6.45, 7) is 5.89. The Morgan fingerprint density at radius 3 is 2.44 bits per heavy atom. The molecule has 2 saturated heterocycles. The molecular weight excluding hydrogens is 554 g/mol. The van der Waals surface area contributed by atoms with Crippen LogP contribution in [-0.2, 0) is 13.0 Å². The molecular formula is C35H41F4N3O. The van der Waals surface area contributed by atoms with Crippen LogP contribution in [0, 0.1) is 17.0 Å². The molecule has 3 aliphatic rings. The second kappa shape index (κ2) is 12.1. The van der Waals surface area contributed by atoms with Gasteiger partial charge in [0.1, 0.15) is 24.0 Å². The van der Waals surface area contributed by atoms with Crippen LogP contribution in [0.25, 0.3) is 0 Å². The number of nitrogens with one attached hydrogen (secondary N) is 1. The lowest BCUT2D eigenvalue weighted by molar-refractivity contribution is -0.0371. The minimum absolute atomic E-state index is 0.115. The van der Waals surface area contributed by atoms with Crippen molar-refractivity contribution in [3.8, 4) is 5.75 Å². The van der Waals surface area contributed by atoms with Crippen molar-refractivity contribution in [1.29, 1.82) is 0 Å². The predicted molar refractivity (Wildman–Crippen MR) is 162 cm³/mol. The SMILES string of the molecule is C[C@@H]1Cc2cc(OCc3ccccc3)ccc2C(c2c(F)cc(N3CCCC4(CCCNC4)C3)cc2F)N1CC(C)(F)F. The van der Waals surface area contributed by atoms with Crippen molar-refractivity contribution < 1.29 is 22.3 Å². The molecule has 0 radical (unpaired) electrons. The third-order valence-electron chi connectivity index (χ3n) is 9.46. The molecule has 0 bridgehead atoms. The van der Waals surface area contributed by atoms with Gasteiger partial charge in [0.15, 0.2) is 0 Å². The van der Waals surface area contributed by atoms with Crippen LogP contribution in [0.2, 0.25) is 0 Å². The molecule has 1 N–H and O–H groups in total. The molecule has 0 aromatic heterocycles. The number of hydrogen-bond acceptors (Lipinski definition) is 4. The first-order valence-electron chi connectivity index (χ1n) is 15.5. The lowest BCUT2D eigenvalue weighted by Gasteiger charge is -2.46. The summed E-state index contributed by atoms with van der Waals surface area (Å²) in [5, 5.41) is 3.50. The van der Waals surface area contributed by atoms with Crippen molar-refractivity contribution in [2.24, 2.45) is 5.41 Å². The topological polar surface area (TPSA) is 27.7 Å². The second-order valence-corrected chi connectivity index (χ2v) is 13.0. The van der Waals surface area contributed by atoms with E-state index in [2.05, 4.69) is 10.2 Å². The highest BCUT2D eigenvalue weighted by Gasteiger charge is 2.41. The van der Waals surface area contributed by atoms with Crippen LogP contribution in [0.3, 0.4) is 0 Å². The molecule has 0 saturated carbocycles. The van der Waals surface area contributed by atoms with E-state index in [1.54, 1.807) is 17.0 Å². The van der Waals surface area contributed by atoms with Crippen molar-refractivity contribution in [1.82, 2.24) is 10.2 Å². The molecule has 3 atom stereocenters. The predicted octanol–water partition coefficient (Wildman–Crippen LogP) is 7.51. The fraction of sp³-hybridized carbons (Fsp3) is 0.486. The molecule has 6 rings (SSSR count). The summed E-state index contributed by atoms with van der Waals surface area (Å²) in [7, 11) is 0. The van der Waals surface area contributed by atoms with Gasteiger partial charge < -0.3 is 15.0 Å². The summed E-state index contributed by atoms with van der Waals surface area (Å²) in [6.07, 6.45) is 4.75. The lowest BCUT2D eigenvalue weighted by Crippen LogP contribution is -2.51. The smallest absolute Gasteiger partial charge is 0.257 e. The molecule has 4 nitrogen and oxygen atoms in total. The monoisotopic (exact) mass is 595 g/mol. The number of nitrogens with zero attached hydrogens (tertiary/aromatic N) is 2. The maximum atomic E-state index is 16.2. The Labute approximate surface area is 252 Å². The summed E-state index contributed by atoms with van der Waals surface area (Å²) in [6, 6.07) is 16.7. The quantitative estimate of drug-likeness (QED) is 0.286. The van der Waals surface area contributed by atoms with Crippen LogP contribution in [0.15, 0.2) is 60.7 Å². The summed E-state index contributed by atoms with van der Waals surface area (Å²) in [5.41, 5.74) is 2.96. The van der Waals surface area contributed by atoms with E-state index in [1.165, 1.54) is 12.1 Å². The molecule has 3 aliphatic heterocycles. The number of halogens is 4. The summed E-state index contributed by atoms with van der Waals surface area (Å²) in [4.78, 5) is 3.65. The fourth-order valence-electron chi connectivity index (χ4n) is 7.44. The van der Waals surface area contributed by atoms with Crippen molar-refractivity contribution in [3.63, 3.8) is 0 Å². The van der Waals surface area contributed by atoms with Gasteiger partial charge in [0.05, 0.1) is 12.6 Å².